The SMILES string of the molecule is Cc1nccn1-c1ccc(N2CCN(C(=O)c3cccnc3)CC2)nn1. The van der Waals surface area contributed by atoms with Crippen molar-refractivity contribution < 1.29 is 4.79 Å². The maximum atomic E-state index is 12.5. The molecule has 3 aromatic heterocycles. The summed E-state index contributed by atoms with van der Waals surface area (Å²) in [7, 11) is 0. The molecule has 3 aromatic rings. The number of hydrogen-bond donors (Lipinski definition) is 0. The summed E-state index contributed by atoms with van der Waals surface area (Å²) in [6.45, 7) is 4.68. The molecule has 0 bridgehead atoms. The largest absolute Gasteiger partial charge is 0.352 e. The Labute approximate surface area is 151 Å². The monoisotopic (exact) mass is 349 g/mol. The molecule has 26 heavy (non-hydrogen) atoms. The van der Waals surface area contributed by atoms with Crippen LogP contribution in [-0.4, -0.2) is 61.7 Å². The van der Waals surface area contributed by atoms with Crippen molar-refractivity contribution in [1.82, 2.24) is 29.6 Å². The lowest BCUT2D eigenvalue weighted by molar-refractivity contribution is 0.0746. The van der Waals surface area contributed by atoms with Crippen LogP contribution in [0.5, 0.6) is 0 Å². The van der Waals surface area contributed by atoms with Crippen LogP contribution < -0.4 is 4.90 Å². The second kappa shape index (κ2) is 6.91. The number of aryl methyl sites for hydroxylation is 1. The maximum absolute atomic E-state index is 12.5. The summed E-state index contributed by atoms with van der Waals surface area (Å²) in [5.41, 5.74) is 0.626. The zero-order valence-corrected chi connectivity index (χ0v) is 14.5. The van der Waals surface area contributed by atoms with E-state index in [4.69, 9.17) is 0 Å². The number of carbonyl (C=O) groups excluding carboxylic acids is 1. The minimum absolute atomic E-state index is 0.0229. The molecule has 0 N–H and O–H groups in total. The van der Waals surface area contributed by atoms with Gasteiger partial charge in [-0.1, -0.05) is 0 Å². The number of rotatable bonds is 3. The van der Waals surface area contributed by atoms with E-state index in [1.165, 1.54) is 0 Å². The first-order chi connectivity index (χ1) is 12.7. The van der Waals surface area contributed by atoms with Gasteiger partial charge in [-0.2, -0.15) is 0 Å². The lowest BCUT2D eigenvalue weighted by Crippen LogP contribution is -2.49. The van der Waals surface area contributed by atoms with Crippen LogP contribution in [0, 0.1) is 6.92 Å². The van der Waals surface area contributed by atoms with Crippen LogP contribution in [0.2, 0.25) is 0 Å². The molecule has 4 rings (SSSR count). The van der Waals surface area contributed by atoms with Crippen molar-refractivity contribution >= 4 is 11.7 Å². The Kier molecular flexibility index (Phi) is 4.30. The minimum Gasteiger partial charge on any atom is -0.352 e. The Morgan fingerprint density at radius 2 is 1.77 bits per heavy atom. The van der Waals surface area contributed by atoms with Gasteiger partial charge in [0.25, 0.3) is 5.91 Å². The lowest BCUT2D eigenvalue weighted by atomic mass is 10.2. The Balaban J connectivity index is 1.40. The van der Waals surface area contributed by atoms with Crippen LogP contribution in [0.3, 0.4) is 0 Å². The molecule has 4 heterocycles. The summed E-state index contributed by atoms with van der Waals surface area (Å²) in [4.78, 5) is 24.7. The van der Waals surface area contributed by atoms with Gasteiger partial charge >= 0.3 is 0 Å². The normalized spacial score (nSPS) is 14.5. The molecular formula is C18H19N7O. The van der Waals surface area contributed by atoms with Crippen LogP contribution in [-0.2, 0) is 0 Å². The molecule has 8 heteroatoms. The summed E-state index contributed by atoms with van der Waals surface area (Å²) in [6, 6.07) is 7.47. The smallest absolute Gasteiger partial charge is 0.255 e. The van der Waals surface area contributed by atoms with Crippen molar-refractivity contribution in [2.45, 2.75) is 6.92 Å². The topological polar surface area (TPSA) is 80.0 Å². The van der Waals surface area contributed by atoms with E-state index in [2.05, 4.69) is 25.1 Å². The van der Waals surface area contributed by atoms with Crippen LogP contribution >= 0.6 is 0 Å². The Bertz CT molecular complexity index is 883. The molecule has 8 nitrogen and oxygen atoms in total. The molecule has 0 saturated carbocycles. The molecule has 1 aliphatic heterocycles. The summed E-state index contributed by atoms with van der Waals surface area (Å²) >= 11 is 0. The van der Waals surface area contributed by atoms with E-state index >= 15 is 0 Å². The van der Waals surface area contributed by atoms with Crippen LogP contribution in [0.4, 0.5) is 5.82 Å². The summed E-state index contributed by atoms with van der Waals surface area (Å²) in [6.07, 6.45) is 6.88. The third-order valence-electron chi connectivity index (χ3n) is 4.51. The molecule has 132 valence electrons. The van der Waals surface area contributed by atoms with Gasteiger partial charge in [0.2, 0.25) is 0 Å². The number of hydrogen-bond acceptors (Lipinski definition) is 6. The number of carbonyl (C=O) groups is 1. The van der Waals surface area contributed by atoms with Gasteiger partial charge in [-0.05, 0) is 31.2 Å². The zero-order valence-electron chi connectivity index (χ0n) is 14.5. The number of piperazine rings is 1. The highest BCUT2D eigenvalue weighted by Crippen LogP contribution is 2.16. The highest BCUT2D eigenvalue weighted by atomic mass is 16.2. The van der Waals surface area contributed by atoms with Gasteiger partial charge in [-0.15, -0.1) is 10.2 Å². The number of nitrogens with zero attached hydrogens (tertiary/aromatic N) is 7. The number of pyridine rings is 1. The second-order valence-electron chi connectivity index (χ2n) is 6.12. The van der Waals surface area contributed by atoms with Crippen molar-refractivity contribution in [2.75, 3.05) is 31.1 Å². The fraction of sp³-hybridized carbons (Fsp3) is 0.278. The Morgan fingerprint density at radius 3 is 2.38 bits per heavy atom. The molecular weight excluding hydrogens is 330 g/mol. The van der Waals surface area contributed by atoms with Gasteiger partial charge in [0.15, 0.2) is 11.6 Å². The number of amides is 1. The average molecular weight is 349 g/mol. The molecule has 1 saturated heterocycles. The summed E-state index contributed by atoms with van der Waals surface area (Å²) in [5.74, 6) is 2.46. The molecule has 0 radical (unpaired) electrons. The van der Waals surface area contributed by atoms with Crippen molar-refractivity contribution in [1.29, 1.82) is 0 Å². The summed E-state index contributed by atoms with van der Waals surface area (Å²) in [5, 5.41) is 8.64. The average Bonchev–Trinajstić information content (AvgIpc) is 3.14. The van der Waals surface area contributed by atoms with Gasteiger partial charge in [0.05, 0.1) is 5.56 Å². The number of aromatic nitrogens is 5. The predicted molar refractivity (Wildman–Crippen MR) is 96.2 cm³/mol. The Hall–Kier alpha value is -3.29. The van der Waals surface area contributed by atoms with Crippen molar-refractivity contribution in [3.05, 3.63) is 60.4 Å². The fourth-order valence-corrected chi connectivity index (χ4v) is 3.05. The van der Waals surface area contributed by atoms with Crippen molar-refractivity contribution in [3.63, 3.8) is 0 Å². The van der Waals surface area contributed by atoms with E-state index in [1.54, 1.807) is 30.7 Å². The minimum atomic E-state index is 0.0229. The molecule has 1 aliphatic rings. The van der Waals surface area contributed by atoms with E-state index in [9.17, 15) is 4.79 Å². The predicted octanol–water partition coefficient (Wildman–Crippen LogP) is 1.33. The van der Waals surface area contributed by atoms with Crippen LogP contribution in [0.1, 0.15) is 16.2 Å². The molecule has 0 unspecified atom stereocenters. The Morgan fingerprint density at radius 1 is 1.00 bits per heavy atom. The molecule has 1 fully saturated rings. The molecule has 0 aromatic carbocycles. The highest BCUT2D eigenvalue weighted by Gasteiger charge is 2.23. The maximum Gasteiger partial charge on any atom is 0.255 e. The lowest BCUT2D eigenvalue weighted by Gasteiger charge is -2.35. The van der Waals surface area contributed by atoms with Crippen LogP contribution in [0.15, 0.2) is 49.1 Å². The van der Waals surface area contributed by atoms with E-state index in [0.29, 0.717) is 18.7 Å². The standard InChI is InChI=1S/C18H19N7O/c1-14-20-7-8-25(14)17-5-4-16(21-22-17)23-9-11-24(12-10-23)18(26)15-3-2-6-19-13-15/h2-8,13H,9-12H2,1H3. The summed E-state index contributed by atoms with van der Waals surface area (Å²) < 4.78 is 1.89. The van der Waals surface area contributed by atoms with Gasteiger partial charge in [0.1, 0.15) is 5.82 Å². The van der Waals surface area contributed by atoms with Gasteiger partial charge in [-0.25, -0.2) is 4.98 Å². The van der Waals surface area contributed by atoms with E-state index in [-0.39, 0.29) is 5.91 Å². The van der Waals surface area contributed by atoms with Crippen molar-refractivity contribution in [2.24, 2.45) is 0 Å². The first-order valence-electron chi connectivity index (χ1n) is 8.51. The molecule has 1 amide bonds. The fourth-order valence-electron chi connectivity index (χ4n) is 3.05. The van der Waals surface area contributed by atoms with Gasteiger partial charge in [-0.3, -0.25) is 14.3 Å². The highest BCUT2D eigenvalue weighted by molar-refractivity contribution is 5.94. The molecule has 0 aliphatic carbocycles. The molecule has 0 spiro atoms. The van der Waals surface area contributed by atoms with Crippen molar-refractivity contribution in [3.8, 4) is 5.82 Å². The third kappa shape index (κ3) is 3.13. The quantitative estimate of drug-likeness (QED) is 0.710. The van der Waals surface area contributed by atoms with E-state index in [0.717, 1.165) is 30.5 Å². The zero-order chi connectivity index (χ0) is 17.9. The van der Waals surface area contributed by atoms with E-state index in [1.807, 2.05) is 34.7 Å². The number of imidazole rings is 1. The first-order valence-corrected chi connectivity index (χ1v) is 8.51. The van der Waals surface area contributed by atoms with Gasteiger partial charge < -0.3 is 9.80 Å². The molecule has 0 atom stereocenters. The van der Waals surface area contributed by atoms with Crippen LogP contribution in [0.25, 0.3) is 5.82 Å². The first kappa shape index (κ1) is 16.2. The third-order valence-corrected chi connectivity index (χ3v) is 4.51. The number of anilines is 1. The van der Waals surface area contributed by atoms with E-state index < -0.39 is 0 Å². The second-order valence-corrected chi connectivity index (χ2v) is 6.12. The van der Waals surface area contributed by atoms with Gasteiger partial charge in [0, 0.05) is 51.0 Å².